The number of imidazole rings is 1. The van der Waals surface area contributed by atoms with E-state index < -0.39 is 0 Å². The molecule has 1 unspecified atom stereocenters. The number of aromatic nitrogens is 2. The molecule has 1 aromatic heterocycles. The minimum Gasteiger partial charge on any atom is -0.493 e. The average molecular weight is 601 g/mol. The van der Waals surface area contributed by atoms with E-state index >= 15 is 0 Å². The summed E-state index contributed by atoms with van der Waals surface area (Å²) in [4.78, 5) is 0. The Balaban J connectivity index is 1.20. The van der Waals surface area contributed by atoms with Gasteiger partial charge in [-0.3, -0.25) is 0 Å². The highest BCUT2D eigenvalue weighted by atomic mass is 35.5. The van der Waals surface area contributed by atoms with E-state index in [2.05, 4.69) is 39.7 Å². The van der Waals surface area contributed by atoms with Crippen LogP contribution in [-0.2, 0) is 24.4 Å². The molecule has 0 aliphatic rings. The van der Waals surface area contributed by atoms with E-state index in [4.69, 9.17) is 55.9 Å². The molecule has 4 nitrogen and oxygen atoms in total. The molecular formula is C31H27Cl4N2O2+. The maximum Gasteiger partial charge on any atom is 0.243 e. The standard InChI is InChI=1S/C31H27Cl4N2O2/c32-25-8-6-24(29(34)17-25)20-39-31(28-11-9-26(33)18-30(28)35)19-37-14-13-36(21-37)12-3-15-38-27-10-7-22-4-1-2-5-23(22)16-27/h1-2,4-11,13-14,16-18,21,31H,3,12,15,19-20H2/q+1. The summed E-state index contributed by atoms with van der Waals surface area (Å²) in [6.07, 6.45) is 6.69. The van der Waals surface area contributed by atoms with Crippen LogP contribution in [0.25, 0.3) is 10.8 Å². The molecule has 0 saturated carbocycles. The van der Waals surface area contributed by atoms with Crippen molar-refractivity contribution in [2.45, 2.75) is 32.2 Å². The number of ether oxygens (including phenoxy) is 2. The third-order valence-electron chi connectivity index (χ3n) is 6.44. The molecule has 0 radical (unpaired) electrons. The van der Waals surface area contributed by atoms with E-state index in [1.165, 1.54) is 10.8 Å². The summed E-state index contributed by atoms with van der Waals surface area (Å²) in [6, 6.07) is 25.3. The zero-order valence-corrected chi connectivity index (χ0v) is 24.1. The van der Waals surface area contributed by atoms with Crippen LogP contribution in [0, 0.1) is 0 Å². The van der Waals surface area contributed by atoms with Crippen LogP contribution in [0.5, 0.6) is 5.75 Å². The van der Waals surface area contributed by atoms with Crippen LogP contribution in [0.3, 0.4) is 0 Å². The predicted octanol–water partition coefficient (Wildman–Crippen LogP) is 8.97. The van der Waals surface area contributed by atoms with Gasteiger partial charge in [-0.1, -0.05) is 88.9 Å². The molecule has 0 fully saturated rings. The van der Waals surface area contributed by atoms with Crippen molar-refractivity contribution in [2.75, 3.05) is 6.61 Å². The highest BCUT2D eigenvalue weighted by Crippen LogP contribution is 2.31. The number of rotatable bonds is 11. The number of benzene rings is 4. The largest absolute Gasteiger partial charge is 0.493 e. The van der Waals surface area contributed by atoms with E-state index in [1.807, 2.05) is 48.8 Å². The Hall–Kier alpha value is -2.73. The zero-order chi connectivity index (χ0) is 27.2. The maximum atomic E-state index is 6.56. The molecule has 39 heavy (non-hydrogen) atoms. The summed E-state index contributed by atoms with van der Waals surface area (Å²) < 4.78 is 16.6. The van der Waals surface area contributed by atoms with Gasteiger partial charge in [-0.15, -0.1) is 0 Å². The van der Waals surface area contributed by atoms with Crippen LogP contribution >= 0.6 is 46.4 Å². The number of aryl methyl sites for hydroxylation is 1. The Morgan fingerprint density at radius 1 is 0.795 bits per heavy atom. The molecule has 0 bridgehead atoms. The lowest BCUT2D eigenvalue weighted by Crippen LogP contribution is -2.35. The smallest absolute Gasteiger partial charge is 0.243 e. The number of hydrogen-bond donors (Lipinski definition) is 0. The molecule has 0 aliphatic carbocycles. The van der Waals surface area contributed by atoms with Crippen LogP contribution in [-0.4, -0.2) is 11.2 Å². The van der Waals surface area contributed by atoms with E-state index in [0.29, 0.717) is 39.8 Å². The second-order valence-corrected chi connectivity index (χ2v) is 10.9. The van der Waals surface area contributed by atoms with Crippen LogP contribution in [0.15, 0.2) is 97.6 Å². The molecule has 0 saturated heterocycles. The Morgan fingerprint density at radius 2 is 1.56 bits per heavy atom. The van der Waals surface area contributed by atoms with Crippen molar-refractivity contribution in [1.29, 1.82) is 0 Å². The topological polar surface area (TPSA) is 27.3 Å². The molecule has 200 valence electrons. The Bertz CT molecular complexity index is 1570. The molecule has 5 rings (SSSR count). The van der Waals surface area contributed by atoms with Gasteiger partial charge in [-0.2, -0.15) is 0 Å². The lowest BCUT2D eigenvalue weighted by Gasteiger charge is -2.19. The summed E-state index contributed by atoms with van der Waals surface area (Å²) in [7, 11) is 0. The molecular weight excluding hydrogens is 574 g/mol. The maximum absolute atomic E-state index is 6.56. The van der Waals surface area contributed by atoms with Crippen molar-refractivity contribution in [3.05, 3.63) is 129 Å². The third-order valence-corrected chi connectivity index (χ3v) is 7.59. The summed E-state index contributed by atoms with van der Waals surface area (Å²) in [5, 5.41) is 4.67. The first kappa shape index (κ1) is 27.8. The summed E-state index contributed by atoms with van der Waals surface area (Å²) in [6.45, 7) is 2.33. The van der Waals surface area contributed by atoms with Gasteiger partial charge < -0.3 is 9.47 Å². The van der Waals surface area contributed by atoms with Crippen molar-refractivity contribution in [1.82, 2.24) is 4.57 Å². The van der Waals surface area contributed by atoms with Gasteiger partial charge in [0.2, 0.25) is 6.33 Å². The average Bonchev–Trinajstić information content (AvgIpc) is 3.37. The van der Waals surface area contributed by atoms with Gasteiger partial charge in [0.05, 0.1) is 19.8 Å². The Kier molecular flexibility index (Phi) is 9.33. The fraction of sp³-hybridized carbons (Fsp3) is 0.194. The van der Waals surface area contributed by atoms with E-state index in [1.54, 1.807) is 18.2 Å². The third kappa shape index (κ3) is 7.47. The number of nitrogens with zero attached hydrogens (tertiary/aromatic N) is 2. The van der Waals surface area contributed by atoms with Crippen LogP contribution in [0.1, 0.15) is 23.7 Å². The van der Waals surface area contributed by atoms with Gasteiger partial charge in [0.25, 0.3) is 0 Å². The first-order valence-corrected chi connectivity index (χ1v) is 14.1. The number of hydrogen-bond acceptors (Lipinski definition) is 2. The minimum absolute atomic E-state index is 0.313. The lowest BCUT2D eigenvalue weighted by molar-refractivity contribution is -0.704. The van der Waals surface area contributed by atoms with Gasteiger partial charge in [0, 0.05) is 32.1 Å². The molecule has 4 aromatic carbocycles. The normalized spacial score (nSPS) is 12.1. The van der Waals surface area contributed by atoms with Crippen molar-refractivity contribution in [3.8, 4) is 5.75 Å². The Labute approximate surface area is 248 Å². The van der Waals surface area contributed by atoms with Crippen molar-refractivity contribution in [2.24, 2.45) is 0 Å². The Morgan fingerprint density at radius 3 is 2.36 bits per heavy atom. The first-order chi connectivity index (χ1) is 18.9. The summed E-state index contributed by atoms with van der Waals surface area (Å²) in [5.41, 5.74) is 1.71. The molecule has 0 N–H and O–H groups in total. The predicted molar refractivity (Wildman–Crippen MR) is 159 cm³/mol. The SMILES string of the molecule is Clc1ccc(COC(C[n+]2ccn(CCCOc3ccc4ccccc4c3)c2)c2ccc(Cl)cc2Cl)c(Cl)c1. The molecule has 0 aliphatic heterocycles. The minimum atomic E-state index is -0.321. The first-order valence-electron chi connectivity index (χ1n) is 12.6. The van der Waals surface area contributed by atoms with E-state index in [-0.39, 0.29) is 6.10 Å². The van der Waals surface area contributed by atoms with Crippen molar-refractivity contribution in [3.63, 3.8) is 0 Å². The molecule has 5 aromatic rings. The highest BCUT2D eigenvalue weighted by Gasteiger charge is 2.20. The van der Waals surface area contributed by atoms with Gasteiger partial charge in [-0.05, 0) is 52.7 Å². The quantitative estimate of drug-likeness (QED) is 0.112. The zero-order valence-electron chi connectivity index (χ0n) is 21.1. The van der Waals surface area contributed by atoms with Crippen LogP contribution < -0.4 is 9.30 Å². The molecule has 1 atom stereocenters. The molecule has 0 amide bonds. The van der Waals surface area contributed by atoms with Crippen molar-refractivity contribution >= 4 is 57.2 Å². The fourth-order valence-electron chi connectivity index (χ4n) is 4.40. The second kappa shape index (κ2) is 13.1. The highest BCUT2D eigenvalue weighted by molar-refractivity contribution is 6.35. The van der Waals surface area contributed by atoms with Crippen LogP contribution in [0.4, 0.5) is 0 Å². The number of fused-ring (bicyclic) bond motifs is 1. The summed E-state index contributed by atoms with van der Waals surface area (Å²) >= 11 is 25.1. The molecule has 1 heterocycles. The number of halogens is 4. The van der Waals surface area contributed by atoms with Crippen molar-refractivity contribution < 1.29 is 14.0 Å². The van der Waals surface area contributed by atoms with E-state index in [0.717, 1.165) is 29.8 Å². The van der Waals surface area contributed by atoms with Gasteiger partial charge in [-0.25, -0.2) is 9.13 Å². The second-order valence-electron chi connectivity index (χ2n) is 9.26. The van der Waals surface area contributed by atoms with Gasteiger partial charge in [0.15, 0.2) is 0 Å². The molecule has 8 heteroatoms. The summed E-state index contributed by atoms with van der Waals surface area (Å²) in [5.74, 6) is 0.886. The monoisotopic (exact) mass is 599 g/mol. The van der Waals surface area contributed by atoms with Gasteiger partial charge in [0.1, 0.15) is 30.8 Å². The van der Waals surface area contributed by atoms with Gasteiger partial charge >= 0.3 is 0 Å². The fourth-order valence-corrected chi connectivity index (χ4v) is 5.39. The van der Waals surface area contributed by atoms with E-state index in [9.17, 15) is 0 Å². The lowest BCUT2D eigenvalue weighted by atomic mass is 10.1. The van der Waals surface area contributed by atoms with Crippen LogP contribution in [0.2, 0.25) is 20.1 Å². The molecule has 0 spiro atoms.